The molecule has 6 heteroatoms. The molecule has 1 fully saturated rings. The van der Waals surface area contributed by atoms with Crippen molar-refractivity contribution in [3.63, 3.8) is 0 Å². The van der Waals surface area contributed by atoms with Gasteiger partial charge in [-0.05, 0) is 49.9 Å². The molecule has 2 aromatic rings. The van der Waals surface area contributed by atoms with Crippen molar-refractivity contribution in [3.05, 3.63) is 52.0 Å². The normalized spacial score (nSPS) is 16.5. The number of amides is 2. The van der Waals surface area contributed by atoms with Crippen LogP contribution in [0.25, 0.3) is 0 Å². The molecule has 27 heavy (non-hydrogen) atoms. The lowest BCUT2D eigenvalue weighted by Gasteiger charge is -2.24. The van der Waals surface area contributed by atoms with Gasteiger partial charge in [-0.25, -0.2) is 0 Å². The van der Waals surface area contributed by atoms with E-state index in [1.54, 1.807) is 12.4 Å². The Balaban J connectivity index is 1.72. The second-order valence-corrected chi connectivity index (χ2v) is 7.99. The van der Waals surface area contributed by atoms with Gasteiger partial charge in [0.25, 0.3) is 5.91 Å². The van der Waals surface area contributed by atoms with Crippen LogP contribution in [0.2, 0.25) is 0 Å². The summed E-state index contributed by atoms with van der Waals surface area (Å²) in [5, 5.41) is 0. The third-order valence-corrected chi connectivity index (χ3v) is 6.14. The Labute approximate surface area is 165 Å². The van der Waals surface area contributed by atoms with Crippen molar-refractivity contribution in [1.82, 2.24) is 14.8 Å². The molecule has 0 unspecified atom stereocenters. The summed E-state index contributed by atoms with van der Waals surface area (Å²) in [6.07, 6.45) is 7.02. The van der Waals surface area contributed by atoms with Crippen LogP contribution >= 0.6 is 11.3 Å². The van der Waals surface area contributed by atoms with Gasteiger partial charge in [0.15, 0.2) is 0 Å². The van der Waals surface area contributed by atoms with Crippen molar-refractivity contribution in [3.8, 4) is 0 Å². The largest absolute Gasteiger partial charge is 0.335 e. The third-order valence-electron chi connectivity index (χ3n) is 4.97. The smallest absolute Gasteiger partial charge is 0.264 e. The lowest BCUT2D eigenvalue weighted by Crippen LogP contribution is -2.30. The highest BCUT2D eigenvalue weighted by Gasteiger charge is 2.31. The van der Waals surface area contributed by atoms with E-state index in [2.05, 4.69) is 4.98 Å². The van der Waals surface area contributed by atoms with E-state index in [9.17, 15) is 9.59 Å². The molecule has 5 nitrogen and oxygen atoms in total. The first-order chi connectivity index (χ1) is 13.1. The van der Waals surface area contributed by atoms with Gasteiger partial charge in [0.05, 0.1) is 10.9 Å². The van der Waals surface area contributed by atoms with E-state index < -0.39 is 0 Å². The van der Waals surface area contributed by atoms with Gasteiger partial charge in [-0.3, -0.25) is 14.6 Å². The Morgan fingerprint density at radius 1 is 1.30 bits per heavy atom. The third kappa shape index (κ3) is 4.56. The molecule has 1 aliphatic heterocycles. The Morgan fingerprint density at radius 3 is 2.85 bits per heavy atom. The van der Waals surface area contributed by atoms with Crippen LogP contribution in [0.5, 0.6) is 0 Å². The number of rotatable bonds is 7. The first kappa shape index (κ1) is 19.5. The maximum atomic E-state index is 13.0. The van der Waals surface area contributed by atoms with Gasteiger partial charge in [0.1, 0.15) is 0 Å². The highest BCUT2D eigenvalue weighted by molar-refractivity contribution is 7.14. The molecule has 0 aromatic carbocycles. The summed E-state index contributed by atoms with van der Waals surface area (Å²) in [6.45, 7) is 6.05. The lowest BCUT2D eigenvalue weighted by molar-refractivity contribution is -0.132. The van der Waals surface area contributed by atoms with Crippen LogP contribution < -0.4 is 0 Å². The maximum absolute atomic E-state index is 13.0. The van der Waals surface area contributed by atoms with Gasteiger partial charge < -0.3 is 9.80 Å². The van der Waals surface area contributed by atoms with Gasteiger partial charge in [0, 0.05) is 43.3 Å². The Bertz CT molecular complexity index is 775. The van der Waals surface area contributed by atoms with Crippen LogP contribution in [0, 0.1) is 0 Å². The molecule has 0 saturated carbocycles. The number of hydrogen-bond donors (Lipinski definition) is 0. The molecule has 0 bridgehead atoms. The molecule has 1 aliphatic rings. The number of pyridine rings is 1. The molecular formula is C21H27N3O2S. The minimum absolute atomic E-state index is 0.0436. The Morgan fingerprint density at radius 2 is 2.15 bits per heavy atom. The van der Waals surface area contributed by atoms with Crippen LogP contribution in [-0.4, -0.2) is 39.7 Å². The summed E-state index contributed by atoms with van der Waals surface area (Å²) < 4.78 is 0. The zero-order valence-corrected chi connectivity index (χ0v) is 16.9. The predicted octanol–water partition coefficient (Wildman–Crippen LogP) is 4.27. The van der Waals surface area contributed by atoms with Gasteiger partial charge in [0.2, 0.25) is 5.91 Å². The Kier molecular flexibility index (Phi) is 6.61. The number of likely N-dealkylation sites (tertiary alicyclic amines) is 1. The Hall–Kier alpha value is -2.21. The first-order valence-corrected chi connectivity index (χ1v) is 10.5. The molecular weight excluding hydrogens is 358 g/mol. The summed E-state index contributed by atoms with van der Waals surface area (Å²) in [4.78, 5) is 35.2. The molecule has 0 spiro atoms. The molecule has 2 aromatic heterocycles. The molecule has 1 atom stereocenters. The van der Waals surface area contributed by atoms with Crippen molar-refractivity contribution >= 4 is 23.2 Å². The average molecular weight is 386 g/mol. The predicted molar refractivity (Wildman–Crippen MR) is 108 cm³/mol. The number of carbonyl (C=O) groups is 2. The van der Waals surface area contributed by atoms with E-state index in [1.807, 2.05) is 47.9 Å². The number of carbonyl (C=O) groups excluding carboxylic acids is 2. The van der Waals surface area contributed by atoms with Crippen LogP contribution in [0.3, 0.4) is 0 Å². The molecule has 144 valence electrons. The topological polar surface area (TPSA) is 53.5 Å². The summed E-state index contributed by atoms with van der Waals surface area (Å²) in [6, 6.07) is 7.94. The molecule has 3 rings (SSSR count). The van der Waals surface area contributed by atoms with Crippen LogP contribution in [-0.2, 0) is 11.3 Å². The van der Waals surface area contributed by atoms with Crippen LogP contribution in [0.15, 0.2) is 36.7 Å². The van der Waals surface area contributed by atoms with Crippen molar-refractivity contribution in [1.29, 1.82) is 0 Å². The van der Waals surface area contributed by atoms with E-state index in [1.165, 1.54) is 11.3 Å². The van der Waals surface area contributed by atoms with Crippen LogP contribution in [0.4, 0.5) is 0 Å². The quantitative estimate of drug-likeness (QED) is 0.715. The van der Waals surface area contributed by atoms with Crippen molar-refractivity contribution in [2.45, 2.75) is 52.1 Å². The van der Waals surface area contributed by atoms with E-state index >= 15 is 0 Å². The summed E-state index contributed by atoms with van der Waals surface area (Å²) in [7, 11) is 0. The maximum Gasteiger partial charge on any atom is 0.264 e. The zero-order valence-electron chi connectivity index (χ0n) is 16.1. The molecule has 0 radical (unpaired) electrons. The standard InChI is InChI=1S/C21H27N3O2S/c1-3-7-20(25)24-13-6-9-17(24)18-10-11-19(27-18)21(26)23(4-2)15-16-8-5-12-22-14-16/h5,8,10-12,14,17H,3-4,6-7,9,13,15H2,1-2H3/t17-/m0/s1. The number of aromatic nitrogens is 1. The SMILES string of the molecule is CCCC(=O)N1CCC[C@H]1c1ccc(C(=O)N(CC)Cc2cccnc2)s1. The van der Waals surface area contributed by atoms with Crippen molar-refractivity contribution < 1.29 is 9.59 Å². The second-order valence-electron chi connectivity index (χ2n) is 6.88. The fourth-order valence-electron chi connectivity index (χ4n) is 3.56. The highest BCUT2D eigenvalue weighted by atomic mass is 32.1. The summed E-state index contributed by atoms with van der Waals surface area (Å²) >= 11 is 1.53. The number of thiophene rings is 1. The molecule has 1 saturated heterocycles. The first-order valence-electron chi connectivity index (χ1n) is 9.71. The van der Waals surface area contributed by atoms with E-state index in [-0.39, 0.29) is 17.9 Å². The van der Waals surface area contributed by atoms with Crippen molar-refractivity contribution in [2.75, 3.05) is 13.1 Å². The zero-order chi connectivity index (χ0) is 19.2. The highest BCUT2D eigenvalue weighted by Crippen LogP contribution is 2.36. The monoisotopic (exact) mass is 385 g/mol. The number of nitrogens with zero attached hydrogens (tertiary/aromatic N) is 3. The van der Waals surface area contributed by atoms with Gasteiger partial charge in [-0.2, -0.15) is 0 Å². The number of hydrogen-bond acceptors (Lipinski definition) is 4. The minimum Gasteiger partial charge on any atom is -0.335 e. The van der Waals surface area contributed by atoms with Gasteiger partial charge >= 0.3 is 0 Å². The van der Waals surface area contributed by atoms with Gasteiger partial charge in [-0.15, -0.1) is 11.3 Å². The molecule has 0 aliphatic carbocycles. The van der Waals surface area contributed by atoms with E-state index in [0.717, 1.165) is 41.1 Å². The lowest BCUT2D eigenvalue weighted by atomic mass is 10.1. The summed E-state index contributed by atoms with van der Waals surface area (Å²) in [5.41, 5.74) is 1.02. The van der Waals surface area contributed by atoms with Crippen LogP contribution in [0.1, 0.15) is 65.7 Å². The van der Waals surface area contributed by atoms with E-state index in [4.69, 9.17) is 0 Å². The summed E-state index contributed by atoms with van der Waals surface area (Å²) in [5.74, 6) is 0.273. The molecule has 3 heterocycles. The fraction of sp³-hybridized carbons (Fsp3) is 0.476. The molecule has 0 N–H and O–H groups in total. The van der Waals surface area contributed by atoms with E-state index in [0.29, 0.717) is 19.5 Å². The van der Waals surface area contributed by atoms with Gasteiger partial charge in [-0.1, -0.05) is 13.0 Å². The average Bonchev–Trinajstić information content (AvgIpc) is 3.35. The molecule has 2 amide bonds. The second kappa shape index (κ2) is 9.13. The fourth-order valence-corrected chi connectivity index (χ4v) is 4.68. The van der Waals surface area contributed by atoms with Crippen molar-refractivity contribution in [2.24, 2.45) is 0 Å². The minimum atomic E-state index is 0.0436.